The van der Waals surface area contributed by atoms with Crippen molar-refractivity contribution >= 4 is 41.5 Å². The number of aliphatic imine (C=N–C) groups is 1. The molecule has 0 saturated heterocycles. The summed E-state index contributed by atoms with van der Waals surface area (Å²) in [5.74, 6) is 0.945. The standard InChI is InChI=1S/C22H26N4O2.HI/c23-22(26-18-10-5-7-15-6-1-2-8-16(15)18)24-14-21(27)25-19-12-13-28-20-11-4-3-9-17(19)20;/h3-5,7,9-11,19H,1-2,6,8,12-14H2,(H,25,27)(H3,23,24,26);1H. The maximum Gasteiger partial charge on any atom is 0.242 e. The molecule has 0 radical (unpaired) electrons. The lowest BCUT2D eigenvalue weighted by atomic mass is 9.90. The lowest BCUT2D eigenvalue weighted by molar-refractivity contribution is -0.120. The highest BCUT2D eigenvalue weighted by Gasteiger charge is 2.22. The number of hydrogen-bond acceptors (Lipinski definition) is 3. The Morgan fingerprint density at radius 3 is 2.86 bits per heavy atom. The fourth-order valence-electron chi connectivity index (χ4n) is 3.96. The van der Waals surface area contributed by atoms with Gasteiger partial charge in [-0.05, 0) is 48.9 Å². The van der Waals surface area contributed by atoms with Crippen LogP contribution in [0.15, 0.2) is 47.5 Å². The average Bonchev–Trinajstić information content (AvgIpc) is 2.73. The number of anilines is 1. The molecule has 0 saturated carbocycles. The molecule has 7 heteroatoms. The molecule has 6 nitrogen and oxygen atoms in total. The number of nitrogens with one attached hydrogen (secondary N) is 2. The number of para-hydroxylation sites is 1. The molecular formula is C22H27IN4O2. The Balaban J connectivity index is 0.00000240. The second-order valence-electron chi connectivity index (χ2n) is 7.27. The number of ether oxygens (including phenoxy) is 1. The van der Waals surface area contributed by atoms with Gasteiger partial charge < -0.3 is 21.1 Å². The number of fused-ring (bicyclic) bond motifs is 2. The molecule has 1 heterocycles. The van der Waals surface area contributed by atoms with Gasteiger partial charge in [0.2, 0.25) is 5.91 Å². The maximum atomic E-state index is 12.4. The number of guanidine groups is 1. The van der Waals surface area contributed by atoms with E-state index in [4.69, 9.17) is 10.5 Å². The number of nitrogens with two attached hydrogens (primary N) is 1. The van der Waals surface area contributed by atoms with Crippen LogP contribution in [0.5, 0.6) is 5.75 Å². The fraction of sp³-hybridized carbons (Fsp3) is 0.364. The van der Waals surface area contributed by atoms with E-state index in [0.29, 0.717) is 6.61 Å². The number of hydrogen-bond donors (Lipinski definition) is 3. The predicted octanol–water partition coefficient (Wildman–Crippen LogP) is 3.55. The molecule has 0 bridgehead atoms. The monoisotopic (exact) mass is 506 g/mol. The highest BCUT2D eigenvalue weighted by Crippen LogP contribution is 2.31. The Morgan fingerprint density at radius 1 is 1.14 bits per heavy atom. The molecule has 4 N–H and O–H groups in total. The van der Waals surface area contributed by atoms with Crippen LogP contribution in [0.2, 0.25) is 0 Å². The Hall–Kier alpha value is -2.29. The molecule has 1 aliphatic carbocycles. The zero-order chi connectivity index (χ0) is 19.3. The quantitative estimate of drug-likeness (QED) is 0.336. The average molecular weight is 506 g/mol. The van der Waals surface area contributed by atoms with E-state index >= 15 is 0 Å². The van der Waals surface area contributed by atoms with E-state index in [9.17, 15) is 4.79 Å². The number of rotatable bonds is 4. The third kappa shape index (κ3) is 5.20. The van der Waals surface area contributed by atoms with E-state index in [1.165, 1.54) is 24.0 Å². The van der Waals surface area contributed by atoms with Gasteiger partial charge in [-0.15, -0.1) is 24.0 Å². The van der Waals surface area contributed by atoms with E-state index in [2.05, 4.69) is 21.7 Å². The number of nitrogens with zero attached hydrogens (tertiary/aromatic N) is 1. The number of halogens is 1. The zero-order valence-corrected chi connectivity index (χ0v) is 18.6. The number of carbonyl (C=O) groups excluding carboxylic acids is 1. The van der Waals surface area contributed by atoms with E-state index in [-0.39, 0.29) is 48.4 Å². The van der Waals surface area contributed by atoms with E-state index < -0.39 is 0 Å². The van der Waals surface area contributed by atoms with Gasteiger partial charge in [-0.3, -0.25) is 4.79 Å². The van der Waals surface area contributed by atoms with Crippen LogP contribution < -0.4 is 21.1 Å². The van der Waals surface area contributed by atoms with E-state index in [0.717, 1.165) is 36.3 Å². The molecule has 1 aliphatic heterocycles. The van der Waals surface area contributed by atoms with E-state index in [1.807, 2.05) is 36.4 Å². The Bertz CT molecular complexity index is 900. The summed E-state index contributed by atoms with van der Waals surface area (Å²) < 4.78 is 5.64. The molecule has 0 spiro atoms. The molecule has 29 heavy (non-hydrogen) atoms. The van der Waals surface area contributed by atoms with Crippen molar-refractivity contribution < 1.29 is 9.53 Å². The second-order valence-corrected chi connectivity index (χ2v) is 7.27. The number of benzene rings is 2. The van der Waals surface area contributed by atoms with E-state index in [1.54, 1.807) is 0 Å². The maximum absolute atomic E-state index is 12.4. The van der Waals surface area contributed by atoms with Gasteiger partial charge >= 0.3 is 0 Å². The molecule has 154 valence electrons. The first kappa shape index (κ1) is 21.4. The van der Waals surface area contributed by atoms with Gasteiger partial charge in [0.1, 0.15) is 12.3 Å². The van der Waals surface area contributed by atoms with Crippen LogP contribution in [0.4, 0.5) is 5.69 Å². The molecule has 0 fully saturated rings. The minimum atomic E-state index is -0.151. The van der Waals surface area contributed by atoms with Crippen LogP contribution in [0.1, 0.15) is 42.0 Å². The summed E-state index contributed by atoms with van der Waals surface area (Å²) in [6.07, 6.45) is 5.33. The molecule has 1 unspecified atom stereocenters. The van der Waals surface area contributed by atoms with Crippen LogP contribution in [0, 0.1) is 0 Å². The minimum absolute atomic E-state index is 0. The molecule has 1 atom stereocenters. The van der Waals surface area contributed by atoms with Crippen molar-refractivity contribution in [3.63, 3.8) is 0 Å². The summed E-state index contributed by atoms with van der Waals surface area (Å²) in [6, 6.07) is 14.0. The number of amides is 1. The summed E-state index contributed by atoms with van der Waals surface area (Å²) in [6.45, 7) is 0.585. The molecule has 2 aromatic rings. The Kier molecular flexibility index (Phi) is 7.35. The third-order valence-corrected chi connectivity index (χ3v) is 5.35. The van der Waals surface area contributed by atoms with Crippen LogP contribution in [-0.4, -0.2) is 25.0 Å². The topological polar surface area (TPSA) is 88.7 Å². The van der Waals surface area contributed by atoms with Gasteiger partial charge in [-0.25, -0.2) is 4.99 Å². The second kappa shape index (κ2) is 9.96. The highest BCUT2D eigenvalue weighted by atomic mass is 127. The normalized spacial score (nSPS) is 17.8. The third-order valence-electron chi connectivity index (χ3n) is 5.35. The molecule has 0 aromatic heterocycles. The summed E-state index contributed by atoms with van der Waals surface area (Å²) >= 11 is 0. The SMILES string of the molecule is I.NC(=NCC(=O)NC1CCOc2ccccc21)Nc1cccc2c1CCCC2. The number of carbonyl (C=O) groups is 1. The van der Waals surface area contributed by atoms with Crippen LogP contribution in [0.25, 0.3) is 0 Å². The summed E-state index contributed by atoms with van der Waals surface area (Å²) in [5, 5.41) is 6.21. The van der Waals surface area contributed by atoms with Gasteiger partial charge in [0.05, 0.1) is 12.6 Å². The minimum Gasteiger partial charge on any atom is -0.493 e. The van der Waals surface area contributed by atoms with Crippen molar-refractivity contribution in [1.82, 2.24) is 5.32 Å². The Morgan fingerprint density at radius 2 is 1.97 bits per heavy atom. The first-order chi connectivity index (χ1) is 13.7. The largest absolute Gasteiger partial charge is 0.493 e. The van der Waals surface area contributed by atoms with Gasteiger partial charge in [-0.2, -0.15) is 0 Å². The first-order valence-electron chi connectivity index (χ1n) is 9.89. The highest BCUT2D eigenvalue weighted by molar-refractivity contribution is 14.0. The summed E-state index contributed by atoms with van der Waals surface area (Å²) in [5.41, 5.74) is 10.7. The Labute approximate surface area is 188 Å². The molecule has 1 amide bonds. The lowest BCUT2D eigenvalue weighted by Crippen LogP contribution is -2.34. The van der Waals surface area contributed by atoms with Gasteiger partial charge in [-0.1, -0.05) is 30.3 Å². The lowest BCUT2D eigenvalue weighted by Gasteiger charge is -2.26. The molecule has 2 aromatic carbocycles. The van der Waals surface area contributed by atoms with Crippen molar-refractivity contribution in [2.24, 2.45) is 10.7 Å². The van der Waals surface area contributed by atoms with Crippen molar-refractivity contribution in [3.05, 3.63) is 59.2 Å². The summed E-state index contributed by atoms with van der Waals surface area (Å²) in [7, 11) is 0. The molecule has 4 rings (SSSR count). The molecular weight excluding hydrogens is 479 g/mol. The fourth-order valence-corrected chi connectivity index (χ4v) is 3.96. The predicted molar refractivity (Wildman–Crippen MR) is 126 cm³/mol. The van der Waals surface area contributed by atoms with Crippen molar-refractivity contribution in [2.45, 2.75) is 38.1 Å². The van der Waals surface area contributed by atoms with Crippen molar-refractivity contribution in [2.75, 3.05) is 18.5 Å². The van der Waals surface area contributed by atoms with Crippen LogP contribution in [0.3, 0.4) is 0 Å². The first-order valence-corrected chi connectivity index (χ1v) is 9.89. The van der Waals surface area contributed by atoms with Crippen molar-refractivity contribution in [3.8, 4) is 5.75 Å². The summed E-state index contributed by atoms with van der Waals surface area (Å²) in [4.78, 5) is 16.6. The van der Waals surface area contributed by atoms with Gasteiger partial charge in [0, 0.05) is 17.7 Å². The van der Waals surface area contributed by atoms with Gasteiger partial charge in [0.15, 0.2) is 5.96 Å². The molecule has 2 aliphatic rings. The number of aryl methyl sites for hydroxylation is 1. The van der Waals surface area contributed by atoms with Gasteiger partial charge in [0.25, 0.3) is 0 Å². The zero-order valence-electron chi connectivity index (χ0n) is 16.3. The smallest absolute Gasteiger partial charge is 0.242 e. The van der Waals surface area contributed by atoms with Crippen molar-refractivity contribution in [1.29, 1.82) is 0 Å². The van der Waals surface area contributed by atoms with Crippen LogP contribution in [-0.2, 0) is 17.6 Å². The van der Waals surface area contributed by atoms with Crippen LogP contribution >= 0.6 is 24.0 Å².